The van der Waals surface area contributed by atoms with Gasteiger partial charge in [-0.2, -0.15) is 0 Å². The van der Waals surface area contributed by atoms with Gasteiger partial charge < -0.3 is 36.9 Å². The molecular weight excluding hydrogens is 546 g/mol. The lowest BCUT2D eigenvalue weighted by atomic mass is 9.85. The molecule has 11 nitrogen and oxygen atoms in total. The zero-order chi connectivity index (χ0) is 30.2. The highest BCUT2D eigenvalue weighted by atomic mass is 16.7. The molecule has 2 amide bonds. The number of rotatable bonds is 11. The number of hydrogen-bond acceptors (Lipinski definition) is 7. The van der Waals surface area contributed by atoms with Crippen molar-refractivity contribution in [1.82, 2.24) is 15.1 Å². The average molecular weight is 592 g/mol. The van der Waals surface area contributed by atoms with Crippen LogP contribution in [-0.4, -0.2) is 72.6 Å². The average Bonchev–Trinajstić information content (AvgIpc) is 3.50. The lowest BCUT2D eigenvalue weighted by Crippen LogP contribution is -2.56. The Morgan fingerprint density at radius 2 is 1.72 bits per heavy atom. The molecule has 43 heavy (non-hydrogen) atoms. The van der Waals surface area contributed by atoms with E-state index in [0.717, 1.165) is 48.7 Å². The molecule has 0 unspecified atom stereocenters. The van der Waals surface area contributed by atoms with E-state index in [-0.39, 0.29) is 24.6 Å². The molecule has 11 heteroatoms. The first kappa shape index (κ1) is 30.6. The van der Waals surface area contributed by atoms with Crippen LogP contribution < -0.4 is 32.0 Å². The van der Waals surface area contributed by atoms with Crippen LogP contribution in [0.3, 0.4) is 0 Å². The summed E-state index contributed by atoms with van der Waals surface area (Å²) in [6, 6.07) is 11.8. The Kier molecular flexibility index (Phi) is 10.4. The Morgan fingerprint density at radius 1 is 0.977 bits per heavy atom. The quantitative estimate of drug-likeness (QED) is 0.229. The van der Waals surface area contributed by atoms with E-state index < -0.39 is 12.1 Å². The van der Waals surface area contributed by atoms with Crippen LogP contribution in [0.25, 0.3) is 0 Å². The van der Waals surface area contributed by atoms with Crippen LogP contribution in [0, 0.1) is 5.92 Å². The molecule has 1 saturated carbocycles. The van der Waals surface area contributed by atoms with E-state index in [0.29, 0.717) is 37.5 Å². The third kappa shape index (κ3) is 8.39. The van der Waals surface area contributed by atoms with Gasteiger partial charge in [-0.25, -0.2) is 4.99 Å². The SMILES string of the molecule is NC(N)=Nc1ccc(C[C@H](N)C(=O)N[C@@H](CCC2CCCCC2)C(=O)N2CCN(Cc3cccc4c3OCO4)CC2)cc1. The number of amides is 2. The number of fused-ring (bicyclic) bond motifs is 1. The first-order valence-corrected chi connectivity index (χ1v) is 15.5. The molecule has 0 aromatic heterocycles. The van der Waals surface area contributed by atoms with Crippen molar-refractivity contribution in [2.24, 2.45) is 28.1 Å². The minimum Gasteiger partial charge on any atom is -0.454 e. The van der Waals surface area contributed by atoms with Crippen LogP contribution in [0.4, 0.5) is 5.69 Å². The van der Waals surface area contributed by atoms with Gasteiger partial charge in [0.25, 0.3) is 0 Å². The smallest absolute Gasteiger partial charge is 0.245 e. The molecule has 2 aliphatic heterocycles. The van der Waals surface area contributed by atoms with Crippen molar-refractivity contribution in [3.8, 4) is 11.5 Å². The van der Waals surface area contributed by atoms with Crippen LogP contribution >= 0.6 is 0 Å². The van der Waals surface area contributed by atoms with Gasteiger partial charge in [-0.3, -0.25) is 14.5 Å². The fourth-order valence-electron chi connectivity index (χ4n) is 6.32. The number of aliphatic imine (C=N–C) groups is 1. The second-order valence-electron chi connectivity index (χ2n) is 11.9. The maximum atomic E-state index is 13.8. The van der Waals surface area contributed by atoms with E-state index in [2.05, 4.69) is 21.3 Å². The van der Waals surface area contributed by atoms with E-state index in [1.807, 2.05) is 29.2 Å². The fourth-order valence-corrected chi connectivity index (χ4v) is 6.32. The standard InChI is InChI=1S/C32H45N7O4/c33-26(19-23-9-12-25(13-10-23)36-32(34)35)30(40)37-27(14-11-22-5-2-1-3-6-22)31(41)39-17-15-38(16-18-39)20-24-7-4-8-28-29(24)43-21-42-28/h4,7-10,12-13,22,26-27H,1-3,5-6,11,14-21,33H2,(H,37,40)(H4,34,35,36)/t26-,27-/m0/s1. The summed E-state index contributed by atoms with van der Waals surface area (Å²) < 4.78 is 11.2. The fraction of sp³-hybridized carbons (Fsp3) is 0.531. The molecule has 0 bridgehead atoms. The van der Waals surface area contributed by atoms with Crippen molar-refractivity contribution in [2.45, 2.75) is 70.0 Å². The van der Waals surface area contributed by atoms with Crippen molar-refractivity contribution in [1.29, 1.82) is 0 Å². The predicted octanol–water partition coefficient (Wildman–Crippen LogP) is 2.38. The Bertz CT molecular complexity index is 1270. The Hall–Kier alpha value is -3.83. The van der Waals surface area contributed by atoms with E-state index in [1.165, 1.54) is 32.1 Å². The van der Waals surface area contributed by atoms with Gasteiger partial charge in [-0.1, -0.05) is 56.4 Å². The Balaban J connectivity index is 1.17. The van der Waals surface area contributed by atoms with Crippen LogP contribution in [-0.2, 0) is 22.6 Å². The highest BCUT2D eigenvalue weighted by molar-refractivity contribution is 5.90. The van der Waals surface area contributed by atoms with E-state index in [1.54, 1.807) is 12.1 Å². The molecule has 2 atom stereocenters. The number of carbonyl (C=O) groups excluding carboxylic acids is 2. The lowest BCUT2D eigenvalue weighted by Gasteiger charge is -2.37. The monoisotopic (exact) mass is 591 g/mol. The van der Waals surface area contributed by atoms with Gasteiger partial charge >= 0.3 is 0 Å². The van der Waals surface area contributed by atoms with Gasteiger partial charge in [0.2, 0.25) is 18.6 Å². The molecule has 232 valence electrons. The van der Waals surface area contributed by atoms with Crippen molar-refractivity contribution in [3.05, 3.63) is 53.6 Å². The van der Waals surface area contributed by atoms with Crippen LogP contribution in [0.5, 0.6) is 11.5 Å². The molecule has 2 fully saturated rings. The number of carbonyl (C=O) groups is 2. The summed E-state index contributed by atoms with van der Waals surface area (Å²) in [5.41, 5.74) is 19.8. The van der Waals surface area contributed by atoms with Gasteiger partial charge in [0, 0.05) is 38.3 Å². The highest BCUT2D eigenvalue weighted by Crippen LogP contribution is 2.36. The molecule has 2 aromatic rings. The molecule has 2 heterocycles. The van der Waals surface area contributed by atoms with Crippen LogP contribution in [0.15, 0.2) is 47.5 Å². The van der Waals surface area contributed by atoms with Gasteiger partial charge in [0.1, 0.15) is 6.04 Å². The largest absolute Gasteiger partial charge is 0.454 e. The van der Waals surface area contributed by atoms with E-state index in [4.69, 9.17) is 26.7 Å². The molecule has 1 aliphatic carbocycles. The van der Waals surface area contributed by atoms with E-state index in [9.17, 15) is 9.59 Å². The van der Waals surface area contributed by atoms with Crippen LogP contribution in [0.1, 0.15) is 56.1 Å². The Labute approximate surface area is 253 Å². The minimum absolute atomic E-state index is 0.0155. The summed E-state index contributed by atoms with van der Waals surface area (Å²) in [5.74, 6) is 1.85. The summed E-state index contributed by atoms with van der Waals surface area (Å²) in [7, 11) is 0. The molecule has 1 saturated heterocycles. The number of nitrogens with zero attached hydrogens (tertiary/aromatic N) is 3. The summed E-state index contributed by atoms with van der Waals surface area (Å²) in [5, 5.41) is 3.04. The van der Waals surface area contributed by atoms with Crippen molar-refractivity contribution in [3.63, 3.8) is 0 Å². The van der Waals surface area contributed by atoms with Gasteiger partial charge in [0.15, 0.2) is 17.5 Å². The summed E-state index contributed by atoms with van der Waals surface area (Å²) in [6.07, 6.45) is 8.06. The first-order chi connectivity index (χ1) is 20.9. The number of piperazine rings is 1. The number of hydrogen-bond donors (Lipinski definition) is 4. The van der Waals surface area contributed by atoms with Gasteiger partial charge in [0.05, 0.1) is 11.7 Å². The number of benzene rings is 2. The molecule has 0 spiro atoms. The maximum absolute atomic E-state index is 13.8. The number of ether oxygens (including phenoxy) is 2. The normalized spacial score (nSPS) is 18.6. The minimum atomic E-state index is -0.783. The lowest BCUT2D eigenvalue weighted by molar-refractivity contribution is -0.138. The molecule has 0 radical (unpaired) electrons. The third-order valence-corrected chi connectivity index (χ3v) is 8.75. The molecule has 5 rings (SSSR count). The number of nitrogens with two attached hydrogens (primary N) is 3. The highest BCUT2D eigenvalue weighted by Gasteiger charge is 2.31. The second kappa shape index (κ2) is 14.6. The maximum Gasteiger partial charge on any atom is 0.245 e. The first-order valence-electron chi connectivity index (χ1n) is 15.5. The predicted molar refractivity (Wildman–Crippen MR) is 166 cm³/mol. The zero-order valence-corrected chi connectivity index (χ0v) is 24.9. The van der Waals surface area contributed by atoms with E-state index >= 15 is 0 Å². The van der Waals surface area contributed by atoms with Crippen molar-refractivity contribution in [2.75, 3.05) is 33.0 Å². The summed E-state index contributed by atoms with van der Waals surface area (Å²) in [4.78, 5) is 35.3. The molecular formula is C32H45N7O4. The van der Waals surface area contributed by atoms with Crippen molar-refractivity contribution >= 4 is 23.5 Å². The zero-order valence-electron chi connectivity index (χ0n) is 24.9. The Morgan fingerprint density at radius 3 is 2.44 bits per heavy atom. The third-order valence-electron chi connectivity index (χ3n) is 8.75. The van der Waals surface area contributed by atoms with Gasteiger partial charge in [-0.15, -0.1) is 0 Å². The number of nitrogens with one attached hydrogen (secondary N) is 1. The topological polar surface area (TPSA) is 162 Å². The van der Waals surface area contributed by atoms with Crippen molar-refractivity contribution < 1.29 is 19.1 Å². The van der Waals surface area contributed by atoms with Crippen LogP contribution in [0.2, 0.25) is 0 Å². The number of guanidine groups is 1. The molecule has 3 aliphatic rings. The molecule has 7 N–H and O–H groups in total. The molecule has 2 aromatic carbocycles. The summed E-state index contributed by atoms with van der Waals surface area (Å²) >= 11 is 0. The number of para-hydroxylation sites is 1. The summed E-state index contributed by atoms with van der Waals surface area (Å²) in [6.45, 7) is 3.68. The second-order valence-corrected chi connectivity index (χ2v) is 11.9. The van der Waals surface area contributed by atoms with Gasteiger partial charge in [-0.05, 0) is 48.9 Å².